The van der Waals surface area contributed by atoms with Crippen LogP contribution in [0.3, 0.4) is 0 Å². The number of ether oxygens (including phenoxy) is 2. The van der Waals surface area contributed by atoms with Crippen LogP contribution in [-0.4, -0.2) is 29.4 Å². The Labute approximate surface area is 184 Å². The molecule has 2 aliphatic rings. The molecule has 1 fully saturated rings. The highest BCUT2D eigenvalue weighted by atomic mass is 32.2. The van der Waals surface area contributed by atoms with Gasteiger partial charge in [-0.25, -0.2) is 4.98 Å². The number of aryl methyl sites for hydroxylation is 2. The van der Waals surface area contributed by atoms with E-state index in [2.05, 4.69) is 12.1 Å². The molecule has 3 aromatic rings. The van der Waals surface area contributed by atoms with Gasteiger partial charge in [0.2, 0.25) is 0 Å². The smallest absolute Gasteiger partial charge is 0.263 e. The summed E-state index contributed by atoms with van der Waals surface area (Å²) in [7, 11) is 1.67. The zero-order valence-electron chi connectivity index (χ0n) is 17.2. The third-order valence-corrected chi connectivity index (χ3v) is 8.21. The predicted octanol–water partition coefficient (Wildman–Crippen LogP) is 4.82. The van der Waals surface area contributed by atoms with Crippen molar-refractivity contribution in [3.8, 4) is 5.75 Å². The van der Waals surface area contributed by atoms with Gasteiger partial charge in [-0.1, -0.05) is 23.9 Å². The van der Waals surface area contributed by atoms with Gasteiger partial charge in [-0.2, -0.15) is 0 Å². The van der Waals surface area contributed by atoms with E-state index >= 15 is 0 Å². The van der Waals surface area contributed by atoms with E-state index in [9.17, 15) is 4.79 Å². The van der Waals surface area contributed by atoms with Gasteiger partial charge in [-0.15, -0.1) is 11.3 Å². The largest absolute Gasteiger partial charge is 0.497 e. The summed E-state index contributed by atoms with van der Waals surface area (Å²) in [5, 5.41) is 1.67. The topological polar surface area (TPSA) is 53.3 Å². The molecule has 2 aromatic heterocycles. The Kier molecular flexibility index (Phi) is 5.85. The van der Waals surface area contributed by atoms with Crippen LogP contribution in [-0.2, 0) is 29.9 Å². The molecular formula is C23H26N2O3S2. The molecule has 1 atom stereocenters. The lowest BCUT2D eigenvalue weighted by Crippen LogP contribution is -2.29. The lowest BCUT2D eigenvalue weighted by atomic mass is 9.97. The van der Waals surface area contributed by atoms with E-state index in [0.29, 0.717) is 6.54 Å². The Hall–Kier alpha value is -1.83. The highest BCUT2D eigenvalue weighted by Gasteiger charge is 2.24. The number of rotatable bonds is 6. The van der Waals surface area contributed by atoms with Crippen LogP contribution in [0.25, 0.3) is 10.2 Å². The average molecular weight is 443 g/mol. The summed E-state index contributed by atoms with van der Waals surface area (Å²) in [5.41, 5.74) is 2.56. The Morgan fingerprint density at radius 1 is 1.23 bits per heavy atom. The summed E-state index contributed by atoms with van der Waals surface area (Å²) in [5.74, 6) is 1.61. The standard InChI is InChI=1S/C23H26N2O3S2/c1-27-16-10-8-15(9-11-16)14-29-23-24-21-20(18-6-2-3-7-19(18)30-21)22(26)25(23)13-17-5-4-12-28-17/h8-11,17H,2-7,12-14H2,1H3. The van der Waals surface area contributed by atoms with E-state index < -0.39 is 0 Å². The lowest BCUT2D eigenvalue weighted by molar-refractivity contribution is 0.0937. The number of nitrogens with zero attached hydrogens (tertiary/aromatic N) is 2. The number of hydrogen-bond donors (Lipinski definition) is 0. The van der Waals surface area contributed by atoms with E-state index in [1.54, 1.807) is 30.2 Å². The summed E-state index contributed by atoms with van der Waals surface area (Å²) in [6.07, 6.45) is 6.64. The fourth-order valence-electron chi connectivity index (χ4n) is 4.35. The Balaban J connectivity index is 1.51. The predicted molar refractivity (Wildman–Crippen MR) is 122 cm³/mol. The van der Waals surface area contributed by atoms with Gasteiger partial charge < -0.3 is 9.47 Å². The third kappa shape index (κ3) is 3.90. The van der Waals surface area contributed by atoms with Crippen LogP contribution in [0.15, 0.2) is 34.2 Å². The number of aromatic nitrogens is 2. The molecule has 5 nitrogen and oxygen atoms in total. The summed E-state index contributed by atoms with van der Waals surface area (Å²) in [6.45, 7) is 1.38. The number of thioether (sulfide) groups is 1. The minimum atomic E-state index is 0.108. The van der Waals surface area contributed by atoms with Gasteiger partial charge in [-0.3, -0.25) is 9.36 Å². The zero-order valence-corrected chi connectivity index (χ0v) is 18.8. The minimum absolute atomic E-state index is 0.108. The maximum atomic E-state index is 13.6. The molecule has 1 aromatic carbocycles. The first-order chi connectivity index (χ1) is 14.7. The van der Waals surface area contributed by atoms with E-state index in [-0.39, 0.29) is 11.7 Å². The molecule has 1 saturated heterocycles. The highest BCUT2D eigenvalue weighted by molar-refractivity contribution is 7.98. The summed E-state index contributed by atoms with van der Waals surface area (Å²) in [4.78, 5) is 20.9. The molecule has 158 valence electrons. The van der Waals surface area contributed by atoms with Gasteiger partial charge in [-0.05, 0) is 61.8 Å². The monoisotopic (exact) mass is 442 g/mol. The van der Waals surface area contributed by atoms with Crippen molar-refractivity contribution in [2.75, 3.05) is 13.7 Å². The Morgan fingerprint density at radius 3 is 2.83 bits per heavy atom. The molecule has 0 N–H and O–H groups in total. The van der Waals surface area contributed by atoms with Gasteiger partial charge in [0.05, 0.1) is 25.1 Å². The maximum absolute atomic E-state index is 13.6. The van der Waals surface area contributed by atoms with Crippen molar-refractivity contribution in [2.45, 2.75) is 62.1 Å². The minimum Gasteiger partial charge on any atom is -0.497 e. The van der Waals surface area contributed by atoms with Crippen LogP contribution in [0, 0.1) is 0 Å². The molecule has 5 rings (SSSR count). The van der Waals surface area contributed by atoms with Gasteiger partial charge >= 0.3 is 0 Å². The molecule has 30 heavy (non-hydrogen) atoms. The lowest BCUT2D eigenvalue weighted by Gasteiger charge is -2.16. The van der Waals surface area contributed by atoms with Crippen LogP contribution in [0.2, 0.25) is 0 Å². The Bertz CT molecular complexity index is 1100. The van der Waals surface area contributed by atoms with Crippen molar-refractivity contribution >= 4 is 33.3 Å². The first-order valence-corrected chi connectivity index (χ1v) is 12.5. The van der Waals surface area contributed by atoms with Crippen LogP contribution >= 0.6 is 23.1 Å². The fraction of sp³-hybridized carbons (Fsp3) is 0.478. The van der Waals surface area contributed by atoms with Crippen molar-refractivity contribution in [3.63, 3.8) is 0 Å². The molecule has 0 saturated carbocycles. The molecule has 1 aliphatic heterocycles. The zero-order chi connectivity index (χ0) is 20.5. The highest BCUT2D eigenvalue weighted by Crippen LogP contribution is 2.35. The normalized spacial score (nSPS) is 18.6. The molecule has 0 radical (unpaired) electrons. The molecule has 0 spiro atoms. The summed E-state index contributed by atoms with van der Waals surface area (Å²) in [6, 6.07) is 8.08. The first-order valence-electron chi connectivity index (χ1n) is 10.7. The van der Waals surface area contributed by atoms with Crippen molar-refractivity contribution in [3.05, 3.63) is 50.6 Å². The van der Waals surface area contributed by atoms with Crippen molar-refractivity contribution < 1.29 is 9.47 Å². The number of thiophene rings is 1. The molecule has 1 unspecified atom stereocenters. The van der Waals surface area contributed by atoms with Crippen LogP contribution in [0.5, 0.6) is 5.75 Å². The molecule has 1 aliphatic carbocycles. The number of benzene rings is 1. The second-order valence-electron chi connectivity index (χ2n) is 7.97. The van der Waals surface area contributed by atoms with E-state index in [1.165, 1.54) is 22.4 Å². The molecule has 7 heteroatoms. The average Bonchev–Trinajstić information content (AvgIpc) is 3.42. The summed E-state index contributed by atoms with van der Waals surface area (Å²) >= 11 is 3.35. The quantitative estimate of drug-likeness (QED) is 0.405. The van der Waals surface area contributed by atoms with Gasteiger partial charge in [0, 0.05) is 17.2 Å². The molecule has 0 amide bonds. The fourth-order valence-corrected chi connectivity index (χ4v) is 6.62. The van der Waals surface area contributed by atoms with Gasteiger partial charge in [0.15, 0.2) is 5.16 Å². The second kappa shape index (κ2) is 8.73. The van der Waals surface area contributed by atoms with Gasteiger partial charge in [0.25, 0.3) is 5.56 Å². The van der Waals surface area contributed by atoms with E-state index in [1.807, 2.05) is 16.7 Å². The molecular weight excluding hydrogens is 416 g/mol. The molecule has 3 heterocycles. The van der Waals surface area contributed by atoms with E-state index in [0.717, 1.165) is 65.6 Å². The maximum Gasteiger partial charge on any atom is 0.263 e. The van der Waals surface area contributed by atoms with E-state index in [4.69, 9.17) is 14.5 Å². The van der Waals surface area contributed by atoms with Gasteiger partial charge in [0.1, 0.15) is 10.6 Å². The number of hydrogen-bond acceptors (Lipinski definition) is 6. The summed E-state index contributed by atoms with van der Waals surface area (Å²) < 4.78 is 13.0. The van der Waals surface area contributed by atoms with Crippen molar-refractivity contribution in [1.29, 1.82) is 0 Å². The number of methoxy groups -OCH3 is 1. The number of fused-ring (bicyclic) bond motifs is 3. The van der Waals surface area contributed by atoms with Crippen LogP contribution < -0.4 is 10.3 Å². The first kappa shape index (κ1) is 20.1. The van der Waals surface area contributed by atoms with Crippen LogP contribution in [0.4, 0.5) is 0 Å². The SMILES string of the molecule is COc1ccc(CSc2nc3sc4c(c3c(=O)n2CC2CCCO2)CCCC4)cc1. The van der Waals surface area contributed by atoms with Crippen molar-refractivity contribution in [2.24, 2.45) is 0 Å². The van der Waals surface area contributed by atoms with Crippen molar-refractivity contribution in [1.82, 2.24) is 9.55 Å². The molecule has 0 bridgehead atoms. The Morgan fingerprint density at radius 2 is 2.07 bits per heavy atom. The third-order valence-electron chi connectivity index (χ3n) is 5.98. The second-order valence-corrected chi connectivity index (χ2v) is 10.00. The van der Waals surface area contributed by atoms with Crippen LogP contribution in [0.1, 0.15) is 41.7 Å².